The van der Waals surface area contributed by atoms with Gasteiger partial charge in [-0.15, -0.1) is 0 Å². The van der Waals surface area contributed by atoms with E-state index in [1.54, 1.807) is 32.0 Å². The summed E-state index contributed by atoms with van der Waals surface area (Å²) in [6.45, 7) is 11.6. The number of aryl methyl sites for hydroxylation is 1. The van der Waals surface area contributed by atoms with Gasteiger partial charge in [0.2, 0.25) is 5.78 Å². The van der Waals surface area contributed by atoms with Crippen LogP contribution in [0.15, 0.2) is 54.6 Å². The van der Waals surface area contributed by atoms with Crippen LogP contribution in [0.2, 0.25) is 0 Å². The van der Waals surface area contributed by atoms with Crippen molar-refractivity contribution in [2.24, 2.45) is 10.8 Å². The zero-order chi connectivity index (χ0) is 30.2. The van der Waals surface area contributed by atoms with E-state index < -0.39 is 35.2 Å². The first-order valence-corrected chi connectivity index (χ1v) is 14.7. The molecule has 7 nitrogen and oxygen atoms in total. The van der Waals surface area contributed by atoms with Crippen LogP contribution >= 0.6 is 0 Å². The summed E-state index contributed by atoms with van der Waals surface area (Å²) in [4.78, 5) is 53.8. The Labute approximate surface area is 244 Å². The number of ketones is 1. The maximum atomic E-state index is 13.7. The van der Waals surface area contributed by atoms with E-state index in [4.69, 9.17) is 9.47 Å². The van der Waals surface area contributed by atoms with Crippen molar-refractivity contribution in [1.82, 2.24) is 4.90 Å². The molecular formula is C34H45NO6. The molecule has 1 fully saturated rings. The van der Waals surface area contributed by atoms with Crippen LogP contribution in [0.3, 0.4) is 0 Å². The number of likely N-dealkylation sites (tertiary alicyclic amines) is 1. The highest BCUT2D eigenvalue weighted by molar-refractivity contribution is 6.38. The number of hydrogen-bond donors (Lipinski definition) is 0. The number of Topliss-reactive ketones (excluding diaryl/α,β-unsaturated/α-hetero) is 1. The highest BCUT2D eigenvalue weighted by Crippen LogP contribution is 2.31. The lowest BCUT2D eigenvalue weighted by atomic mass is 9.84. The average Bonchev–Trinajstić information content (AvgIpc) is 2.94. The normalized spacial score (nSPS) is 16.5. The SMILES string of the molecule is CCC(C)(C)C(=O)C(=O)N1CCCC[C@H]1C(=O)O[C@H](CCc1ccccc1)c1cccc(OC(=O)CC(C)(C)C)c1. The van der Waals surface area contributed by atoms with Crippen LogP contribution in [-0.2, 0) is 30.3 Å². The van der Waals surface area contributed by atoms with Gasteiger partial charge in [0.1, 0.15) is 17.9 Å². The number of nitrogens with zero attached hydrogens (tertiary/aromatic N) is 1. The Bertz CT molecular complexity index is 1210. The molecule has 2 aromatic carbocycles. The summed E-state index contributed by atoms with van der Waals surface area (Å²) in [7, 11) is 0. The average molecular weight is 564 g/mol. The van der Waals surface area contributed by atoms with Crippen molar-refractivity contribution >= 4 is 23.6 Å². The molecule has 1 aliphatic rings. The minimum absolute atomic E-state index is 0.209. The molecule has 1 heterocycles. The van der Waals surface area contributed by atoms with Crippen molar-refractivity contribution in [2.45, 2.75) is 98.6 Å². The highest BCUT2D eigenvalue weighted by Gasteiger charge is 2.41. The molecule has 7 heteroatoms. The smallest absolute Gasteiger partial charge is 0.329 e. The van der Waals surface area contributed by atoms with E-state index in [0.29, 0.717) is 43.5 Å². The van der Waals surface area contributed by atoms with Crippen LogP contribution in [0.5, 0.6) is 5.75 Å². The zero-order valence-corrected chi connectivity index (χ0v) is 25.4. The molecule has 1 amide bonds. The molecule has 222 valence electrons. The number of carbonyl (C=O) groups is 4. The Morgan fingerprint density at radius 2 is 1.66 bits per heavy atom. The number of hydrogen-bond acceptors (Lipinski definition) is 6. The van der Waals surface area contributed by atoms with Gasteiger partial charge in [-0.3, -0.25) is 14.4 Å². The van der Waals surface area contributed by atoms with Crippen molar-refractivity contribution < 1.29 is 28.7 Å². The van der Waals surface area contributed by atoms with E-state index in [0.717, 1.165) is 18.4 Å². The molecule has 41 heavy (non-hydrogen) atoms. The number of amides is 1. The fourth-order valence-electron chi connectivity index (χ4n) is 4.83. The van der Waals surface area contributed by atoms with E-state index in [2.05, 4.69) is 0 Å². The molecule has 0 spiro atoms. The van der Waals surface area contributed by atoms with Crippen LogP contribution in [0.4, 0.5) is 0 Å². The molecule has 0 aromatic heterocycles. The molecule has 0 aliphatic carbocycles. The van der Waals surface area contributed by atoms with Crippen molar-refractivity contribution in [1.29, 1.82) is 0 Å². The first-order valence-electron chi connectivity index (χ1n) is 14.7. The predicted molar refractivity (Wildman–Crippen MR) is 158 cm³/mol. The fourth-order valence-corrected chi connectivity index (χ4v) is 4.83. The van der Waals surface area contributed by atoms with Gasteiger partial charge in [0.15, 0.2) is 0 Å². The Balaban J connectivity index is 1.84. The first-order chi connectivity index (χ1) is 19.3. The van der Waals surface area contributed by atoms with Crippen LogP contribution in [0, 0.1) is 10.8 Å². The van der Waals surface area contributed by atoms with E-state index in [-0.39, 0.29) is 17.8 Å². The van der Waals surface area contributed by atoms with Gasteiger partial charge >= 0.3 is 11.9 Å². The van der Waals surface area contributed by atoms with E-state index in [1.165, 1.54) is 4.90 Å². The van der Waals surface area contributed by atoms with Crippen LogP contribution in [0.1, 0.15) is 97.3 Å². The molecule has 1 aliphatic heterocycles. The lowest BCUT2D eigenvalue weighted by Gasteiger charge is -2.36. The second kappa shape index (κ2) is 13.9. The topological polar surface area (TPSA) is 90.0 Å². The van der Waals surface area contributed by atoms with E-state index in [1.807, 2.05) is 64.1 Å². The monoisotopic (exact) mass is 563 g/mol. The summed E-state index contributed by atoms with van der Waals surface area (Å²) >= 11 is 0. The van der Waals surface area contributed by atoms with Gasteiger partial charge in [0, 0.05) is 12.0 Å². The van der Waals surface area contributed by atoms with Crippen molar-refractivity contribution in [3.63, 3.8) is 0 Å². The summed E-state index contributed by atoms with van der Waals surface area (Å²) < 4.78 is 11.7. The number of benzene rings is 2. The number of esters is 2. The van der Waals surface area contributed by atoms with Gasteiger partial charge in [-0.1, -0.05) is 84.0 Å². The van der Waals surface area contributed by atoms with Crippen molar-refractivity contribution in [2.75, 3.05) is 6.54 Å². The Kier molecular flexibility index (Phi) is 10.9. The van der Waals surface area contributed by atoms with Gasteiger partial charge in [-0.25, -0.2) is 4.79 Å². The molecular weight excluding hydrogens is 518 g/mol. The summed E-state index contributed by atoms with van der Waals surface area (Å²) in [5, 5.41) is 0. The third-order valence-corrected chi connectivity index (χ3v) is 7.66. The fraction of sp³-hybridized carbons (Fsp3) is 0.529. The number of rotatable bonds is 11. The first kappa shape index (κ1) is 32.0. The molecule has 1 saturated heterocycles. The molecule has 0 radical (unpaired) electrons. The lowest BCUT2D eigenvalue weighted by molar-refractivity contribution is -0.164. The second-order valence-electron chi connectivity index (χ2n) is 12.8. The Morgan fingerprint density at radius 1 is 0.951 bits per heavy atom. The molecule has 0 saturated carbocycles. The van der Waals surface area contributed by atoms with Gasteiger partial charge in [0.25, 0.3) is 5.91 Å². The molecule has 0 bridgehead atoms. The maximum Gasteiger partial charge on any atom is 0.329 e. The van der Waals surface area contributed by atoms with Gasteiger partial charge in [-0.2, -0.15) is 0 Å². The van der Waals surface area contributed by atoms with Crippen molar-refractivity contribution in [3.8, 4) is 5.75 Å². The molecule has 2 aromatic rings. The number of piperidine rings is 1. The third kappa shape index (κ3) is 9.27. The summed E-state index contributed by atoms with van der Waals surface area (Å²) in [6, 6.07) is 16.2. The van der Waals surface area contributed by atoms with Crippen LogP contribution < -0.4 is 4.74 Å². The predicted octanol–water partition coefficient (Wildman–Crippen LogP) is 6.63. The summed E-state index contributed by atoms with van der Waals surface area (Å²) in [5.41, 5.74) is 0.793. The number of ether oxygens (including phenoxy) is 2. The Hall–Kier alpha value is -3.48. The van der Waals surface area contributed by atoms with E-state index >= 15 is 0 Å². The highest BCUT2D eigenvalue weighted by atomic mass is 16.5. The van der Waals surface area contributed by atoms with E-state index in [9.17, 15) is 19.2 Å². The largest absolute Gasteiger partial charge is 0.456 e. The van der Waals surface area contributed by atoms with Gasteiger partial charge in [0.05, 0.1) is 6.42 Å². The molecule has 2 atom stereocenters. The van der Waals surface area contributed by atoms with Crippen LogP contribution in [0.25, 0.3) is 0 Å². The molecule has 3 rings (SSSR count). The zero-order valence-electron chi connectivity index (χ0n) is 25.4. The van der Waals surface area contributed by atoms with Gasteiger partial charge in [-0.05, 0) is 67.2 Å². The van der Waals surface area contributed by atoms with Crippen molar-refractivity contribution in [3.05, 3.63) is 65.7 Å². The second-order valence-corrected chi connectivity index (χ2v) is 12.8. The summed E-state index contributed by atoms with van der Waals surface area (Å²) in [5.74, 6) is -1.56. The quantitative estimate of drug-likeness (QED) is 0.173. The summed E-state index contributed by atoms with van der Waals surface area (Å²) in [6.07, 6.45) is 3.26. The molecule has 0 N–H and O–H groups in total. The van der Waals surface area contributed by atoms with Crippen LogP contribution in [-0.4, -0.2) is 41.1 Å². The standard InChI is InChI=1S/C34H45NO6/c1-7-34(5,6)30(37)31(38)35-21-12-11-18-27(35)32(39)41-28(20-19-24-14-9-8-10-15-24)25-16-13-17-26(22-25)40-29(36)23-33(2,3)4/h8-10,13-17,22,27-28H,7,11-12,18-21,23H2,1-6H3/t27-,28+/m0/s1. The minimum atomic E-state index is -0.820. The number of carbonyl (C=O) groups excluding carboxylic acids is 4. The van der Waals surface area contributed by atoms with Gasteiger partial charge < -0.3 is 14.4 Å². The third-order valence-electron chi connectivity index (χ3n) is 7.66. The minimum Gasteiger partial charge on any atom is -0.456 e. The Morgan fingerprint density at radius 3 is 2.32 bits per heavy atom. The maximum absolute atomic E-state index is 13.7. The molecule has 0 unspecified atom stereocenters. The lowest BCUT2D eigenvalue weighted by Crippen LogP contribution is -2.53.